The topological polar surface area (TPSA) is 55.3 Å². The van der Waals surface area contributed by atoms with Crippen LogP contribution in [-0.2, 0) is 4.84 Å². The highest BCUT2D eigenvalue weighted by atomic mass is 32.1. The number of aromatic nitrogens is 2. The highest BCUT2D eigenvalue weighted by Gasteiger charge is 2.23. The average molecular weight is 277 g/mol. The molecule has 0 N–H and O–H groups in total. The van der Waals surface area contributed by atoms with Crippen LogP contribution < -0.4 is 5.06 Å². The molecule has 0 unspecified atom stereocenters. The van der Waals surface area contributed by atoms with Gasteiger partial charge in [0, 0.05) is 17.1 Å². The van der Waals surface area contributed by atoms with Gasteiger partial charge in [-0.2, -0.15) is 9.44 Å². The quantitative estimate of drug-likeness (QED) is 0.806. The highest BCUT2D eigenvalue weighted by molar-refractivity contribution is 7.09. The van der Waals surface area contributed by atoms with Crippen molar-refractivity contribution < 1.29 is 9.63 Å². The summed E-state index contributed by atoms with van der Waals surface area (Å²) in [7, 11) is 0. The molecule has 1 aromatic carbocycles. The first-order chi connectivity index (χ1) is 9.08. The van der Waals surface area contributed by atoms with E-state index in [4.69, 9.17) is 4.84 Å². The Balaban J connectivity index is 2.30. The summed E-state index contributed by atoms with van der Waals surface area (Å²) in [5, 5.41) is 1.66. The van der Waals surface area contributed by atoms with Crippen LogP contribution >= 0.6 is 11.5 Å². The van der Waals surface area contributed by atoms with E-state index in [1.807, 2.05) is 32.0 Å². The molecule has 1 heterocycles. The Morgan fingerprint density at radius 3 is 2.53 bits per heavy atom. The minimum Gasteiger partial charge on any atom is -0.266 e. The maximum Gasteiger partial charge on any atom is 0.284 e. The van der Waals surface area contributed by atoms with Crippen LogP contribution in [0.2, 0.25) is 0 Å². The average Bonchev–Trinajstić information content (AvgIpc) is 2.82. The normalized spacial score (nSPS) is 10.7. The SMILES string of the molecule is Cc1nsc(N(OC(C)C)C(=O)c2ccccc2)n1. The van der Waals surface area contributed by atoms with Crippen LogP contribution in [0.1, 0.15) is 30.0 Å². The van der Waals surface area contributed by atoms with Crippen molar-refractivity contribution in [3.63, 3.8) is 0 Å². The van der Waals surface area contributed by atoms with E-state index in [1.165, 1.54) is 5.06 Å². The van der Waals surface area contributed by atoms with Gasteiger partial charge in [0.05, 0.1) is 6.10 Å². The molecule has 0 atom stereocenters. The van der Waals surface area contributed by atoms with Crippen LogP contribution in [0.5, 0.6) is 0 Å². The van der Waals surface area contributed by atoms with Gasteiger partial charge in [-0.15, -0.1) is 0 Å². The molecule has 2 rings (SSSR count). The molecule has 1 aromatic heterocycles. The number of hydrogen-bond acceptors (Lipinski definition) is 5. The number of carbonyl (C=O) groups is 1. The molecule has 0 aliphatic carbocycles. The standard InChI is InChI=1S/C13H15N3O2S/c1-9(2)18-16(13-14-10(3)15-19-13)12(17)11-7-5-4-6-8-11/h4-9H,1-3H3. The number of hydrogen-bond donors (Lipinski definition) is 0. The summed E-state index contributed by atoms with van der Waals surface area (Å²) in [6.07, 6.45) is -0.128. The van der Waals surface area contributed by atoms with Crippen LogP contribution in [0.15, 0.2) is 30.3 Å². The molecular formula is C13H15N3O2S. The lowest BCUT2D eigenvalue weighted by atomic mass is 10.2. The molecule has 5 nitrogen and oxygen atoms in total. The molecule has 0 aliphatic rings. The lowest BCUT2D eigenvalue weighted by Gasteiger charge is -2.20. The second-order valence-electron chi connectivity index (χ2n) is 4.24. The van der Waals surface area contributed by atoms with E-state index in [0.29, 0.717) is 16.5 Å². The van der Waals surface area contributed by atoms with E-state index in [2.05, 4.69) is 9.36 Å². The molecule has 0 aliphatic heterocycles. The van der Waals surface area contributed by atoms with Crippen molar-refractivity contribution in [2.75, 3.05) is 5.06 Å². The van der Waals surface area contributed by atoms with Crippen LogP contribution in [0.3, 0.4) is 0 Å². The number of nitrogens with zero attached hydrogens (tertiary/aromatic N) is 3. The molecular weight excluding hydrogens is 262 g/mol. The van der Waals surface area contributed by atoms with Gasteiger partial charge >= 0.3 is 0 Å². The summed E-state index contributed by atoms with van der Waals surface area (Å²) in [4.78, 5) is 22.2. The molecule has 6 heteroatoms. The molecule has 0 spiro atoms. The first-order valence-electron chi connectivity index (χ1n) is 5.94. The third kappa shape index (κ3) is 3.36. The van der Waals surface area contributed by atoms with Crippen LogP contribution in [-0.4, -0.2) is 21.4 Å². The van der Waals surface area contributed by atoms with Crippen LogP contribution in [0.4, 0.5) is 5.13 Å². The molecule has 0 fully saturated rings. The molecule has 100 valence electrons. The van der Waals surface area contributed by atoms with E-state index in [-0.39, 0.29) is 12.0 Å². The van der Waals surface area contributed by atoms with Crippen molar-refractivity contribution in [1.29, 1.82) is 0 Å². The first kappa shape index (κ1) is 13.6. The van der Waals surface area contributed by atoms with E-state index >= 15 is 0 Å². The smallest absolute Gasteiger partial charge is 0.266 e. The van der Waals surface area contributed by atoms with Gasteiger partial charge in [0.25, 0.3) is 5.91 Å². The number of carbonyl (C=O) groups excluding carboxylic acids is 1. The van der Waals surface area contributed by atoms with Gasteiger partial charge in [-0.3, -0.25) is 9.63 Å². The fraction of sp³-hybridized carbons (Fsp3) is 0.308. The van der Waals surface area contributed by atoms with Gasteiger partial charge in [0.15, 0.2) is 0 Å². The number of benzene rings is 1. The van der Waals surface area contributed by atoms with Crippen molar-refractivity contribution >= 4 is 22.6 Å². The van der Waals surface area contributed by atoms with Gasteiger partial charge < -0.3 is 0 Å². The highest BCUT2D eigenvalue weighted by Crippen LogP contribution is 2.21. The number of amides is 1. The monoisotopic (exact) mass is 277 g/mol. The Bertz CT molecular complexity index is 554. The molecule has 2 aromatic rings. The summed E-state index contributed by atoms with van der Waals surface area (Å²) in [6, 6.07) is 8.97. The van der Waals surface area contributed by atoms with Crippen LogP contribution in [0.25, 0.3) is 0 Å². The summed E-state index contributed by atoms with van der Waals surface area (Å²) in [6.45, 7) is 5.50. The van der Waals surface area contributed by atoms with Gasteiger partial charge in [0.2, 0.25) is 5.13 Å². The minimum absolute atomic E-state index is 0.128. The third-order valence-corrected chi connectivity index (χ3v) is 2.99. The predicted molar refractivity (Wildman–Crippen MR) is 74.1 cm³/mol. The Morgan fingerprint density at radius 2 is 2.00 bits per heavy atom. The predicted octanol–water partition coefficient (Wildman–Crippen LogP) is 2.83. The second kappa shape index (κ2) is 5.90. The van der Waals surface area contributed by atoms with Gasteiger partial charge in [-0.25, -0.2) is 4.98 Å². The Kier molecular flexibility index (Phi) is 4.24. The third-order valence-electron chi connectivity index (χ3n) is 2.21. The zero-order valence-corrected chi connectivity index (χ0v) is 11.8. The molecule has 0 saturated heterocycles. The van der Waals surface area contributed by atoms with Crippen LogP contribution in [0, 0.1) is 6.92 Å². The lowest BCUT2D eigenvalue weighted by Crippen LogP contribution is -2.33. The van der Waals surface area contributed by atoms with Gasteiger partial charge in [-0.1, -0.05) is 18.2 Å². The Hall–Kier alpha value is -1.79. The summed E-state index contributed by atoms with van der Waals surface area (Å²) in [5.74, 6) is 0.378. The molecule has 1 amide bonds. The van der Waals surface area contributed by atoms with Crippen molar-refractivity contribution in [2.45, 2.75) is 26.9 Å². The van der Waals surface area contributed by atoms with Crippen molar-refractivity contribution in [3.05, 3.63) is 41.7 Å². The fourth-order valence-corrected chi connectivity index (χ4v) is 2.08. The molecule has 0 bridgehead atoms. The first-order valence-corrected chi connectivity index (χ1v) is 6.72. The molecule has 0 saturated carbocycles. The summed E-state index contributed by atoms with van der Waals surface area (Å²) < 4.78 is 4.08. The Morgan fingerprint density at radius 1 is 1.32 bits per heavy atom. The Labute approximate surface area is 116 Å². The molecule has 0 radical (unpaired) electrons. The largest absolute Gasteiger partial charge is 0.284 e. The zero-order valence-electron chi connectivity index (χ0n) is 11.0. The number of rotatable bonds is 4. The van der Waals surface area contributed by atoms with Crippen molar-refractivity contribution in [2.24, 2.45) is 0 Å². The van der Waals surface area contributed by atoms with E-state index < -0.39 is 0 Å². The summed E-state index contributed by atoms with van der Waals surface area (Å²) in [5.41, 5.74) is 0.552. The molecule has 19 heavy (non-hydrogen) atoms. The zero-order chi connectivity index (χ0) is 13.8. The van der Waals surface area contributed by atoms with E-state index in [9.17, 15) is 4.79 Å². The maximum atomic E-state index is 12.4. The number of anilines is 1. The number of hydroxylamine groups is 1. The summed E-state index contributed by atoms with van der Waals surface area (Å²) >= 11 is 1.14. The maximum absolute atomic E-state index is 12.4. The second-order valence-corrected chi connectivity index (χ2v) is 4.97. The van der Waals surface area contributed by atoms with Gasteiger partial charge in [0.1, 0.15) is 5.82 Å². The van der Waals surface area contributed by atoms with E-state index in [0.717, 1.165) is 11.5 Å². The minimum atomic E-state index is -0.245. The van der Waals surface area contributed by atoms with Gasteiger partial charge in [-0.05, 0) is 32.9 Å². The van der Waals surface area contributed by atoms with E-state index in [1.54, 1.807) is 19.1 Å². The number of aryl methyl sites for hydroxylation is 1. The van der Waals surface area contributed by atoms with Crippen molar-refractivity contribution in [1.82, 2.24) is 9.36 Å². The lowest BCUT2D eigenvalue weighted by molar-refractivity contribution is 0.0420. The van der Waals surface area contributed by atoms with Crippen molar-refractivity contribution in [3.8, 4) is 0 Å². The fourth-order valence-electron chi connectivity index (χ4n) is 1.46.